The highest BCUT2D eigenvalue weighted by atomic mass is 19.4. The van der Waals surface area contributed by atoms with Gasteiger partial charge in [-0.25, -0.2) is 0 Å². The summed E-state index contributed by atoms with van der Waals surface area (Å²) in [6.45, 7) is 1.63. The van der Waals surface area contributed by atoms with Gasteiger partial charge in [0.15, 0.2) is 0 Å². The Hall–Kier alpha value is -2.96. The van der Waals surface area contributed by atoms with Crippen molar-refractivity contribution in [1.82, 2.24) is 4.98 Å². The predicted molar refractivity (Wildman–Crippen MR) is 88.4 cm³/mol. The van der Waals surface area contributed by atoms with Gasteiger partial charge < -0.3 is 15.0 Å². The van der Waals surface area contributed by atoms with Crippen LogP contribution in [-0.2, 0) is 17.6 Å². The number of carbonyl (C=O) groups excluding carboxylic acids is 1. The molecule has 0 saturated carbocycles. The number of hydrogen-bond donors (Lipinski definition) is 2. The van der Waals surface area contributed by atoms with Crippen LogP contribution in [-0.4, -0.2) is 10.9 Å². The molecule has 0 spiro atoms. The van der Waals surface area contributed by atoms with Crippen LogP contribution in [0.1, 0.15) is 18.1 Å². The molecule has 3 aromatic rings. The molecule has 0 fully saturated rings. The second-order valence-corrected chi connectivity index (χ2v) is 5.57. The third-order valence-corrected chi connectivity index (χ3v) is 3.64. The average molecular weight is 348 g/mol. The first-order chi connectivity index (χ1) is 11.8. The summed E-state index contributed by atoms with van der Waals surface area (Å²) in [4.78, 5) is 14.3. The summed E-state index contributed by atoms with van der Waals surface area (Å²) in [5.41, 5.74) is 1.65. The first-order valence-electron chi connectivity index (χ1n) is 7.50. The van der Waals surface area contributed by atoms with Crippen LogP contribution in [0.4, 0.5) is 18.9 Å². The molecular formula is C18H15F3N2O2. The highest BCUT2D eigenvalue weighted by molar-refractivity contribution is 6.01. The molecule has 1 heterocycles. The van der Waals surface area contributed by atoms with E-state index in [0.717, 1.165) is 28.6 Å². The van der Waals surface area contributed by atoms with Crippen LogP contribution >= 0.6 is 0 Å². The molecule has 4 nitrogen and oxygen atoms in total. The Bertz CT molecular complexity index is 899. The molecule has 0 aliphatic heterocycles. The molecule has 0 aliphatic rings. The van der Waals surface area contributed by atoms with E-state index in [9.17, 15) is 18.0 Å². The lowest BCUT2D eigenvalue weighted by Gasteiger charge is -2.09. The molecule has 1 aromatic heterocycles. The average Bonchev–Trinajstić information content (AvgIpc) is 2.94. The van der Waals surface area contributed by atoms with Crippen molar-refractivity contribution in [3.05, 3.63) is 59.8 Å². The maximum Gasteiger partial charge on any atom is 0.416 e. The smallest absolute Gasteiger partial charge is 0.416 e. The van der Waals surface area contributed by atoms with Gasteiger partial charge in [-0.15, -0.1) is 0 Å². The van der Waals surface area contributed by atoms with Crippen molar-refractivity contribution in [1.29, 1.82) is 0 Å². The fourth-order valence-corrected chi connectivity index (χ4v) is 2.46. The van der Waals surface area contributed by atoms with E-state index in [1.54, 1.807) is 6.20 Å². The maximum absolute atomic E-state index is 12.5. The molecule has 0 radical (unpaired) electrons. The largest absolute Gasteiger partial charge is 0.489 e. The minimum Gasteiger partial charge on any atom is -0.489 e. The summed E-state index contributed by atoms with van der Waals surface area (Å²) in [6.07, 6.45) is -2.66. The van der Waals surface area contributed by atoms with Crippen molar-refractivity contribution in [2.45, 2.75) is 19.7 Å². The first-order valence-corrected chi connectivity index (χ1v) is 7.50. The lowest BCUT2D eigenvalue weighted by Crippen LogP contribution is -2.05. The Morgan fingerprint density at radius 1 is 1.16 bits per heavy atom. The van der Waals surface area contributed by atoms with Crippen molar-refractivity contribution in [2.24, 2.45) is 0 Å². The van der Waals surface area contributed by atoms with Crippen molar-refractivity contribution < 1.29 is 22.7 Å². The number of fused-ring (bicyclic) bond motifs is 1. The molecule has 0 unspecified atom stereocenters. The van der Waals surface area contributed by atoms with E-state index in [2.05, 4.69) is 10.3 Å². The van der Waals surface area contributed by atoms with Crippen molar-refractivity contribution in [3.63, 3.8) is 0 Å². The molecule has 0 aliphatic carbocycles. The number of alkyl halides is 3. The second kappa shape index (κ2) is 6.51. The molecule has 130 valence electrons. The Kier molecular flexibility index (Phi) is 4.39. The number of amides is 1. The van der Waals surface area contributed by atoms with Crippen LogP contribution in [0, 0.1) is 0 Å². The lowest BCUT2D eigenvalue weighted by atomic mass is 10.1. The number of halogens is 3. The number of ether oxygens (including phenoxy) is 1. The Morgan fingerprint density at radius 2 is 1.88 bits per heavy atom. The summed E-state index contributed by atoms with van der Waals surface area (Å²) in [7, 11) is 0. The van der Waals surface area contributed by atoms with E-state index in [4.69, 9.17) is 4.74 Å². The molecule has 25 heavy (non-hydrogen) atoms. The van der Waals surface area contributed by atoms with E-state index >= 15 is 0 Å². The number of rotatable bonds is 4. The molecule has 2 N–H and O–H groups in total. The molecule has 1 amide bonds. The molecule has 7 heteroatoms. The SMILES string of the molecule is CC(=O)Nc1c[nH]c2ccc(COc3ccc(C(F)(F)F)cc3)cc12. The highest BCUT2D eigenvalue weighted by Gasteiger charge is 2.30. The number of nitrogens with one attached hydrogen (secondary N) is 2. The van der Waals surface area contributed by atoms with Gasteiger partial charge in [-0.05, 0) is 42.0 Å². The Labute approximate surface area is 141 Å². The van der Waals surface area contributed by atoms with E-state index in [1.807, 2.05) is 18.2 Å². The number of H-pyrrole nitrogens is 1. The fourth-order valence-electron chi connectivity index (χ4n) is 2.46. The van der Waals surface area contributed by atoms with Gasteiger partial charge in [0.05, 0.1) is 11.3 Å². The normalized spacial score (nSPS) is 11.5. The van der Waals surface area contributed by atoms with Gasteiger partial charge in [-0.1, -0.05) is 6.07 Å². The number of carbonyl (C=O) groups is 1. The van der Waals surface area contributed by atoms with Crippen molar-refractivity contribution in [2.75, 3.05) is 5.32 Å². The Balaban J connectivity index is 1.73. The van der Waals surface area contributed by atoms with E-state index in [1.165, 1.54) is 19.1 Å². The molecular weight excluding hydrogens is 333 g/mol. The minimum absolute atomic E-state index is 0.174. The highest BCUT2D eigenvalue weighted by Crippen LogP contribution is 2.30. The van der Waals surface area contributed by atoms with Crippen LogP contribution in [0.25, 0.3) is 10.9 Å². The summed E-state index contributed by atoms with van der Waals surface area (Å²) < 4.78 is 43.2. The van der Waals surface area contributed by atoms with Crippen LogP contribution < -0.4 is 10.1 Å². The predicted octanol–water partition coefficient (Wildman–Crippen LogP) is 4.72. The lowest BCUT2D eigenvalue weighted by molar-refractivity contribution is -0.137. The van der Waals surface area contributed by atoms with E-state index in [0.29, 0.717) is 11.4 Å². The maximum atomic E-state index is 12.5. The summed E-state index contributed by atoms with van der Waals surface area (Å²) in [5.74, 6) is 0.177. The zero-order valence-electron chi connectivity index (χ0n) is 13.3. The summed E-state index contributed by atoms with van der Waals surface area (Å²) >= 11 is 0. The van der Waals surface area contributed by atoms with Gasteiger partial charge >= 0.3 is 6.18 Å². The molecule has 0 atom stereocenters. The van der Waals surface area contributed by atoms with Gasteiger partial charge in [0.2, 0.25) is 5.91 Å². The van der Waals surface area contributed by atoms with Crippen LogP contribution in [0.5, 0.6) is 5.75 Å². The van der Waals surface area contributed by atoms with Gasteiger partial charge in [0, 0.05) is 24.0 Å². The number of anilines is 1. The van der Waals surface area contributed by atoms with Crippen LogP contribution in [0.2, 0.25) is 0 Å². The topological polar surface area (TPSA) is 54.1 Å². The van der Waals surface area contributed by atoms with Crippen LogP contribution in [0.15, 0.2) is 48.7 Å². The number of hydrogen-bond acceptors (Lipinski definition) is 2. The van der Waals surface area contributed by atoms with Crippen molar-refractivity contribution in [3.8, 4) is 5.75 Å². The van der Waals surface area contributed by atoms with Gasteiger partial charge in [-0.3, -0.25) is 4.79 Å². The first kappa shape index (κ1) is 16.9. The Morgan fingerprint density at radius 3 is 2.52 bits per heavy atom. The molecule has 2 aromatic carbocycles. The van der Waals surface area contributed by atoms with Crippen molar-refractivity contribution >= 4 is 22.5 Å². The monoisotopic (exact) mass is 348 g/mol. The van der Waals surface area contributed by atoms with E-state index in [-0.39, 0.29) is 12.5 Å². The quantitative estimate of drug-likeness (QED) is 0.716. The van der Waals surface area contributed by atoms with Crippen LogP contribution in [0.3, 0.4) is 0 Å². The number of aromatic amines is 1. The molecule has 0 bridgehead atoms. The number of benzene rings is 2. The van der Waals surface area contributed by atoms with E-state index < -0.39 is 11.7 Å². The zero-order valence-corrected chi connectivity index (χ0v) is 13.3. The molecule has 0 saturated heterocycles. The van der Waals surface area contributed by atoms with Gasteiger partial charge in [0.25, 0.3) is 0 Å². The van der Waals surface area contributed by atoms with Gasteiger partial charge in [0.1, 0.15) is 12.4 Å². The third kappa shape index (κ3) is 3.93. The number of aromatic nitrogens is 1. The summed E-state index contributed by atoms with van der Waals surface area (Å²) in [5, 5.41) is 3.57. The zero-order chi connectivity index (χ0) is 18.0. The fraction of sp³-hybridized carbons (Fsp3) is 0.167. The second-order valence-electron chi connectivity index (χ2n) is 5.57. The standard InChI is InChI=1S/C18H15F3N2O2/c1-11(24)23-17-9-22-16-7-2-12(8-15(16)17)10-25-14-5-3-13(4-6-14)18(19,20)21/h2-9,22H,10H2,1H3,(H,23,24). The summed E-state index contributed by atoms with van der Waals surface area (Å²) in [6, 6.07) is 10.1. The third-order valence-electron chi connectivity index (χ3n) is 3.64. The molecule has 3 rings (SSSR count). The minimum atomic E-state index is -4.36. The van der Waals surface area contributed by atoms with Gasteiger partial charge in [-0.2, -0.15) is 13.2 Å².